The van der Waals surface area contributed by atoms with Crippen molar-refractivity contribution in [3.05, 3.63) is 98.5 Å². The van der Waals surface area contributed by atoms with Crippen LogP contribution in [-0.2, 0) is 32.2 Å². The van der Waals surface area contributed by atoms with Crippen molar-refractivity contribution in [2.45, 2.75) is 13.1 Å². The lowest BCUT2D eigenvalue weighted by molar-refractivity contribution is -0.140. The number of hydrogen-bond donors (Lipinski definition) is 0. The zero-order valence-corrected chi connectivity index (χ0v) is 19.8. The van der Waals surface area contributed by atoms with Crippen molar-refractivity contribution < 1.29 is 23.5 Å². The van der Waals surface area contributed by atoms with Gasteiger partial charge < -0.3 is 18.8 Å². The van der Waals surface area contributed by atoms with Crippen molar-refractivity contribution >= 4 is 44.9 Å². The van der Waals surface area contributed by atoms with Crippen LogP contribution in [0.4, 0.5) is 0 Å². The van der Waals surface area contributed by atoms with Gasteiger partial charge in [-0.1, -0.05) is 52.8 Å². The molecule has 0 saturated heterocycles. The molecule has 7 nitrogen and oxygen atoms in total. The summed E-state index contributed by atoms with van der Waals surface area (Å²) in [5.41, 5.74) is 1.22. The molecule has 0 atom stereocenters. The Balaban J connectivity index is 2.18. The molecule has 0 fully saturated rings. The van der Waals surface area contributed by atoms with Gasteiger partial charge in [0.05, 0.1) is 37.8 Å². The Morgan fingerprint density at radius 2 is 1.82 bits per heavy atom. The van der Waals surface area contributed by atoms with Crippen LogP contribution in [0, 0.1) is 0 Å². The molecular formula is C25H22BrNO6. The molecule has 170 valence electrons. The monoisotopic (exact) mass is 511 g/mol. The Hall–Kier alpha value is -3.65. The number of halogens is 1. The zero-order valence-electron chi connectivity index (χ0n) is 18.2. The van der Waals surface area contributed by atoms with Gasteiger partial charge in [-0.05, 0) is 29.8 Å². The molecule has 0 aliphatic carbocycles. The molecule has 0 amide bonds. The van der Waals surface area contributed by atoms with Gasteiger partial charge in [0, 0.05) is 11.0 Å². The van der Waals surface area contributed by atoms with Gasteiger partial charge in [0.25, 0.3) is 0 Å². The second-order valence-electron chi connectivity index (χ2n) is 7.00. The Morgan fingerprint density at radius 1 is 1.09 bits per heavy atom. The first-order valence-electron chi connectivity index (χ1n) is 9.92. The van der Waals surface area contributed by atoms with E-state index in [4.69, 9.17) is 13.9 Å². The molecule has 0 spiro atoms. The molecule has 0 unspecified atom stereocenters. The number of carbonyl (C=O) groups is 2. The van der Waals surface area contributed by atoms with Gasteiger partial charge in [0.15, 0.2) is 5.43 Å². The van der Waals surface area contributed by atoms with Crippen LogP contribution in [0.5, 0.6) is 0 Å². The lowest BCUT2D eigenvalue weighted by Crippen LogP contribution is -2.31. The Kier molecular flexibility index (Phi) is 7.84. The third-order valence-corrected chi connectivity index (χ3v) is 5.41. The molecule has 33 heavy (non-hydrogen) atoms. The average molecular weight is 512 g/mol. The highest BCUT2D eigenvalue weighted by Gasteiger charge is 2.24. The summed E-state index contributed by atoms with van der Waals surface area (Å²) in [6, 6.07) is 14.4. The van der Waals surface area contributed by atoms with Crippen molar-refractivity contribution in [1.29, 1.82) is 0 Å². The summed E-state index contributed by atoms with van der Waals surface area (Å²) in [7, 11) is 2.42. The van der Waals surface area contributed by atoms with E-state index in [1.807, 2.05) is 30.3 Å². The minimum Gasteiger partial charge on any atom is -0.466 e. The molecular weight excluding hydrogens is 490 g/mol. The summed E-state index contributed by atoms with van der Waals surface area (Å²) in [4.78, 5) is 39.6. The van der Waals surface area contributed by atoms with Gasteiger partial charge >= 0.3 is 11.9 Å². The highest BCUT2D eigenvalue weighted by molar-refractivity contribution is 9.10. The first-order valence-corrected chi connectivity index (χ1v) is 10.7. The largest absolute Gasteiger partial charge is 0.466 e. The number of ether oxygens (including phenoxy) is 2. The molecule has 3 aromatic rings. The number of fused-ring (bicyclic) bond motifs is 1. The molecule has 1 heterocycles. The van der Waals surface area contributed by atoms with E-state index >= 15 is 0 Å². The third kappa shape index (κ3) is 5.59. The van der Waals surface area contributed by atoms with Crippen molar-refractivity contribution in [3.63, 3.8) is 0 Å². The summed E-state index contributed by atoms with van der Waals surface area (Å²) >= 11 is 3.38. The van der Waals surface area contributed by atoms with Gasteiger partial charge in [-0.2, -0.15) is 0 Å². The number of hydrogen-bond acceptors (Lipinski definition) is 7. The van der Waals surface area contributed by atoms with E-state index in [0.717, 1.165) is 16.1 Å². The van der Waals surface area contributed by atoms with Crippen molar-refractivity contribution in [2.75, 3.05) is 14.2 Å². The summed E-state index contributed by atoms with van der Waals surface area (Å²) in [5, 5.41) is 0.376. The fourth-order valence-corrected chi connectivity index (χ4v) is 3.67. The third-order valence-electron chi connectivity index (χ3n) is 4.92. The highest BCUT2D eigenvalue weighted by atomic mass is 79.9. The van der Waals surface area contributed by atoms with Crippen LogP contribution in [0.1, 0.15) is 16.9 Å². The van der Waals surface area contributed by atoms with Crippen LogP contribution >= 0.6 is 15.9 Å². The van der Waals surface area contributed by atoms with Gasteiger partial charge in [-0.3, -0.25) is 4.79 Å². The predicted octanol–water partition coefficient (Wildman–Crippen LogP) is 4.43. The number of benzene rings is 2. The van der Waals surface area contributed by atoms with Gasteiger partial charge in [0.1, 0.15) is 17.0 Å². The zero-order chi connectivity index (χ0) is 24.0. The van der Waals surface area contributed by atoms with E-state index in [0.29, 0.717) is 11.0 Å². The maximum atomic E-state index is 13.4. The standard InChI is InChI=1S/C25H22BrNO6/c1-4-21-19(24(29)18-12-17(26)10-11-22(18)33-21)15-27(14-16-8-6-5-7-9-16)20(25(30)32-3)13-23(28)31-2/h4-13H,1,14-15H2,2-3H3/b20-13+. The normalized spacial score (nSPS) is 11.2. The highest BCUT2D eigenvalue weighted by Crippen LogP contribution is 2.24. The van der Waals surface area contributed by atoms with Gasteiger partial charge in [-0.25, -0.2) is 9.59 Å². The van der Waals surface area contributed by atoms with Crippen LogP contribution in [0.3, 0.4) is 0 Å². The molecule has 0 radical (unpaired) electrons. The molecule has 0 N–H and O–H groups in total. The maximum Gasteiger partial charge on any atom is 0.354 e. The Morgan fingerprint density at radius 3 is 2.45 bits per heavy atom. The van der Waals surface area contributed by atoms with Crippen molar-refractivity contribution in [2.24, 2.45) is 0 Å². The molecule has 3 rings (SSSR count). The maximum absolute atomic E-state index is 13.4. The smallest absolute Gasteiger partial charge is 0.354 e. The van der Waals surface area contributed by atoms with Gasteiger partial charge in [0.2, 0.25) is 0 Å². The van der Waals surface area contributed by atoms with E-state index in [9.17, 15) is 14.4 Å². The molecule has 8 heteroatoms. The average Bonchev–Trinajstić information content (AvgIpc) is 2.83. The second kappa shape index (κ2) is 10.8. The molecule has 1 aromatic heterocycles. The summed E-state index contributed by atoms with van der Waals surface area (Å²) in [5.74, 6) is -1.20. The van der Waals surface area contributed by atoms with Crippen LogP contribution in [-0.4, -0.2) is 31.1 Å². The quantitative estimate of drug-likeness (QED) is 0.326. The fourth-order valence-electron chi connectivity index (χ4n) is 3.31. The second-order valence-corrected chi connectivity index (χ2v) is 7.92. The van der Waals surface area contributed by atoms with E-state index in [2.05, 4.69) is 22.5 Å². The van der Waals surface area contributed by atoms with Crippen LogP contribution in [0.15, 0.2) is 80.6 Å². The molecule has 0 bridgehead atoms. The number of esters is 2. The van der Waals surface area contributed by atoms with E-state index in [1.165, 1.54) is 20.3 Å². The molecule has 0 saturated carbocycles. The molecule has 2 aromatic carbocycles. The SMILES string of the molecule is C=Cc1oc2ccc(Br)cc2c(=O)c1CN(Cc1ccccc1)/C(=C/C(=O)OC)C(=O)OC. The predicted molar refractivity (Wildman–Crippen MR) is 128 cm³/mol. The first kappa shape index (κ1) is 24.0. The van der Waals surface area contributed by atoms with Crippen LogP contribution in [0.2, 0.25) is 0 Å². The Bertz CT molecular complexity index is 1280. The number of rotatable bonds is 8. The minimum absolute atomic E-state index is 0.0427. The number of nitrogens with zero attached hydrogens (tertiary/aromatic N) is 1. The number of methoxy groups -OCH3 is 2. The molecule has 0 aliphatic rings. The summed E-state index contributed by atoms with van der Waals surface area (Å²) in [6.07, 6.45) is 2.49. The van der Waals surface area contributed by atoms with Crippen LogP contribution in [0.25, 0.3) is 17.0 Å². The number of carbonyl (C=O) groups excluding carboxylic acids is 2. The van der Waals surface area contributed by atoms with E-state index in [-0.39, 0.29) is 35.5 Å². The van der Waals surface area contributed by atoms with Crippen molar-refractivity contribution in [3.8, 4) is 0 Å². The lowest BCUT2D eigenvalue weighted by atomic mass is 10.1. The van der Waals surface area contributed by atoms with Gasteiger partial charge in [-0.15, -0.1) is 0 Å². The van der Waals surface area contributed by atoms with E-state index < -0.39 is 11.9 Å². The fraction of sp³-hybridized carbons (Fsp3) is 0.160. The Labute approximate surface area is 199 Å². The van der Waals surface area contributed by atoms with Crippen molar-refractivity contribution in [1.82, 2.24) is 4.90 Å². The minimum atomic E-state index is -0.746. The van der Waals surface area contributed by atoms with Crippen LogP contribution < -0.4 is 5.43 Å². The molecule has 0 aliphatic heterocycles. The topological polar surface area (TPSA) is 86.0 Å². The lowest BCUT2D eigenvalue weighted by Gasteiger charge is -2.26. The first-order chi connectivity index (χ1) is 15.9. The summed E-state index contributed by atoms with van der Waals surface area (Å²) in [6.45, 7) is 3.94. The summed E-state index contributed by atoms with van der Waals surface area (Å²) < 4.78 is 16.2. The van der Waals surface area contributed by atoms with E-state index in [1.54, 1.807) is 23.1 Å².